The fourth-order valence-electron chi connectivity index (χ4n) is 5.62. The summed E-state index contributed by atoms with van der Waals surface area (Å²) in [5.41, 5.74) is 2.05. The van der Waals surface area contributed by atoms with E-state index in [1.54, 1.807) is 7.11 Å². The zero-order valence-corrected chi connectivity index (χ0v) is 22.2. The highest BCUT2D eigenvalue weighted by molar-refractivity contribution is 7.12. The van der Waals surface area contributed by atoms with Crippen LogP contribution in [0, 0.1) is 5.41 Å². The molecule has 5 rings (SSSR count). The number of hydrogen-bond donors (Lipinski definition) is 1. The van der Waals surface area contributed by atoms with Crippen LogP contribution in [0.25, 0.3) is 0 Å². The van der Waals surface area contributed by atoms with Crippen molar-refractivity contribution in [1.82, 2.24) is 15.1 Å². The minimum absolute atomic E-state index is 0.0186. The highest BCUT2D eigenvalue weighted by atomic mass is 32.1. The molecule has 0 unspecified atom stereocenters. The number of carbonyl (C=O) groups excluding carboxylic acids is 2. The van der Waals surface area contributed by atoms with E-state index < -0.39 is 0 Å². The first-order chi connectivity index (χ1) is 18.1. The van der Waals surface area contributed by atoms with Crippen LogP contribution in [0.1, 0.15) is 52.5 Å². The first-order valence-electron chi connectivity index (χ1n) is 13.1. The Balaban J connectivity index is 1.15. The summed E-state index contributed by atoms with van der Waals surface area (Å²) in [6.45, 7) is 4.22. The summed E-state index contributed by atoms with van der Waals surface area (Å²) in [4.78, 5) is 31.4. The number of benzene rings is 2. The van der Waals surface area contributed by atoms with Gasteiger partial charge in [-0.05, 0) is 73.5 Å². The topological polar surface area (TPSA) is 61.9 Å². The SMILES string of the molecule is COc1ccc(CN2CCC3(CCN(CC[C@H](NC(=O)c4cccs4)c4ccccc4)CC3)C2=O)cc1. The summed E-state index contributed by atoms with van der Waals surface area (Å²) in [6, 6.07) is 21.9. The van der Waals surface area contributed by atoms with Gasteiger partial charge in [-0.1, -0.05) is 48.5 Å². The van der Waals surface area contributed by atoms with Gasteiger partial charge in [0, 0.05) is 19.6 Å². The number of hydrogen-bond acceptors (Lipinski definition) is 5. The number of piperidine rings is 1. The minimum Gasteiger partial charge on any atom is -0.497 e. The molecule has 3 heterocycles. The molecular weight excluding hydrogens is 482 g/mol. The van der Waals surface area contributed by atoms with E-state index in [1.165, 1.54) is 11.3 Å². The van der Waals surface area contributed by atoms with E-state index in [4.69, 9.17) is 4.74 Å². The van der Waals surface area contributed by atoms with E-state index >= 15 is 0 Å². The smallest absolute Gasteiger partial charge is 0.261 e. The molecule has 194 valence electrons. The highest BCUT2D eigenvalue weighted by Crippen LogP contribution is 2.42. The largest absolute Gasteiger partial charge is 0.497 e. The summed E-state index contributed by atoms with van der Waals surface area (Å²) in [6.07, 6.45) is 3.59. The number of methoxy groups -OCH3 is 1. The first-order valence-corrected chi connectivity index (χ1v) is 14.0. The van der Waals surface area contributed by atoms with Crippen molar-refractivity contribution in [3.63, 3.8) is 0 Å². The van der Waals surface area contributed by atoms with Gasteiger partial charge in [0.2, 0.25) is 5.91 Å². The van der Waals surface area contributed by atoms with Gasteiger partial charge in [-0.3, -0.25) is 9.59 Å². The molecule has 1 aromatic heterocycles. The number of ether oxygens (including phenoxy) is 1. The highest BCUT2D eigenvalue weighted by Gasteiger charge is 2.47. The molecule has 0 saturated carbocycles. The fourth-order valence-corrected chi connectivity index (χ4v) is 6.25. The van der Waals surface area contributed by atoms with Crippen LogP contribution in [0.2, 0.25) is 0 Å². The lowest BCUT2D eigenvalue weighted by Gasteiger charge is -2.38. The molecule has 2 aliphatic rings. The summed E-state index contributed by atoms with van der Waals surface area (Å²) >= 11 is 1.46. The van der Waals surface area contributed by atoms with Gasteiger partial charge in [0.15, 0.2) is 0 Å². The van der Waals surface area contributed by atoms with Crippen LogP contribution in [0.3, 0.4) is 0 Å². The molecule has 3 aromatic rings. The Kier molecular flexibility index (Phi) is 7.91. The molecule has 7 heteroatoms. The van der Waals surface area contributed by atoms with Crippen molar-refractivity contribution in [3.05, 3.63) is 88.1 Å². The minimum atomic E-state index is -0.213. The third-order valence-corrected chi connectivity index (χ3v) is 8.80. The maximum absolute atomic E-state index is 13.4. The van der Waals surface area contributed by atoms with E-state index in [9.17, 15) is 9.59 Å². The van der Waals surface area contributed by atoms with Crippen LogP contribution >= 0.6 is 11.3 Å². The number of thiophene rings is 1. The van der Waals surface area contributed by atoms with E-state index in [-0.39, 0.29) is 17.4 Å². The number of carbonyl (C=O) groups is 2. The van der Waals surface area contributed by atoms with Crippen LogP contribution in [-0.4, -0.2) is 54.9 Å². The van der Waals surface area contributed by atoms with Crippen molar-refractivity contribution in [2.75, 3.05) is 33.3 Å². The third-order valence-electron chi connectivity index (χ3n) is 7.93. The number of nitrogens with one attached hydrogen (secondary N) is 1. The molecule has 0 aliphatic carbocycles. The van der Waals surface area contributed by atoms with Gasteiger partial charge >= 0.3 is 0 Å². The van der Waals surface area contributed by atoms with Crippen LogP contribution in [-0.2, 0) is 11.3 Å². The Morgan fingerprint density at radius 3 is 2.41 bits per heavy atom. The van der Waals surface area contributed by atoms with Crippen molar-refractivity contribution in [1.29, 1.82) is 0 Å². The number of nitrogens with zero attached hydrogens (tertiary/aromatic N) is 2. The predicted molar refractivity (Wildman–Crippen MR) is 147 cm³/mol. The molecule has 2 amide bonds. The van der Waals surface area contributed by atoms with Crippen LogP contribution in [0.5, 0.6) is 5.75 Å². The molecular formula is C30H35N3O3S. The molecule has 2 fully saturated rings. The Labute approximate surface area is 223 Å². The molecule has 0 radical (unpaired) electrons. The first kappa shape index (κ1) is 25.5. The maximum atomic E-state index is 13.4. The average molecular weight is 518 g/mol. The van der Waals surface area contributed by atoms with E-state index in [0.717, 1.165) is 73.6 Å². The van der Waals surface area contributed by atoms with Gasteiger partial charge in [0.1, 0.15) is 5.75 Å². The molecule has 2 aromatic carbocycles. The second-order valence-electron chi connectivity index (χ2n) is 10.1. The monoisotopic (exact) mass is 517 g/mol. The normalized spacial score (nSPS) is 18.2. The fraction of sp³-hybridized carbons (Fsp3) is 0.400. The third kappa shape index (κ3) is 5.89. The lowest BCUT2D eigenvalue weighted by molar-refractivity contribution is -0.138. The van der Waals surface area contributed by atoms with Gasteiger partial charge < -0.3 is 19.9 Å². The Morgan fingerprint density at radius 2 is 1.73 bits per heavy atom. The van der Waals surface area contributed by atoms with Crippen molar-refractivity contribution in [2.24, 2.45) is 5.41 Å². The lowest BCUT2D eigenvalue weighted by Crippen LogP contribution is -2.45. The molecule has 0 bridgehead atoms. The van der Waals surface area contributed by atoms with Crippen molar-refractivity contribution >= 4 is 23.2 Å². The molecule has 6 nitrogen and oxygen atoms in total. The summed E-state index contributed by atoms with van der Waals surface area (Å²) in [5, 5.41) is 5.17. The van der Waals surface area contributed by atoms with E-state index in [2.05, 4.69) is 22.3 Å². The second kappa shape index (κ2) is 11.5. The van der Waals surface area contributed by atoms with Crippen LogP contribution in [0.4, 0.5) is 0 Å². The Hall–Kier alpha value is -3.16. The van der Waals surface area contributed by atoms with Crippen molar-refractivity contribution < 1.29 is 14.3 Å². The van der Waals surface area contributed by atoms with Gasteiger partial charge in [-0.15, -0.1) is 11.3 Å². The lowest BCUT2D eigenvalue weighted by atomic mass is 9.77. The van der Waals surface area contributed by atoms with E-state index in [0.29, 0.717) is 12.5 Å². The molecule has 2 aliphatic heterocycles. The standard InChI is InChI=1S/C30H35N3O3S/c1-36-25-11-9-23(10-12-25)22-33-20-16-30(29(33)35)14-18-32(19-15-30)17-13-26(24-6-3-2-4-7-24)31-28(34)27-8-5-21-37-27/h2-12,21,26H,13-20,22H2,1H3,(H,31,34)/t26-/m0/s1. The Bertz CT molecular complexity index is 1170. The van der Waals surface area contributed by atoms with E-state index in [1.807, 2.05) is 64.9 Å². The maximum Gasteiger partial charge on any atom is 0.261 e. The quantitative estimate of drug-likeness (QED) is 0.427. The Morgan fingerprint density at radius 1 is 1.00 bits per heavy atom. The molecule has 37 heavy (non-hydrogen) atoms. The van der Waals surface area contributed by atoms with Gasteiger partial charge in [0.05, 0.1) is 23.4 Å². The summed E-state index contributed by atoms with van der Waals surface area (Å²) < 4.78 is 5.25. The van der Waals surface area contributed by atoms with Crippen LogP contribution in [0.15, 0.2) is 72.1 Å². The van der Waals surface area contributed by atoms with Crippen LogP contribution < -0.4 is 10.1 Å². The molecule has 1 N–H and O–H groups in total. The zero-order valence-electron chi connectivity index (χ0n) is 21.4. The van der Waals surface area contributed by atoms with Gasteiger partial charge in [-0.2, -0.15) is 0 Å². The zero-order chi connectivity index (χ0) is 25.7. The van der Waals surface area contributed by atoms with Crippen molar-refractivity contribution in [2.45, 2.75) is 38.3 Å². The predicted octanol–water partition coefficient (Wildman–Crippen LogP) is 5.13. The van der Waals surface area contributed by atoms with Gasteiger partial charge in [0.25, 0.3) is 5.91 Å². The molecule has 1 spiro atoms. The molecule has 2 saturated heterocycles. The number of rotatable bonds is 9. The second-order valence-corrected chi connectivity index (χ2v) is 11.1. The number of likely N-dealkylation sites (tertiary alicyclic amines) is 2. The van der Waals surface area contributed by atoms with Gasteiger partial charge in [-0.25, -0.2) is 0 Å². The average Bonchev–Trinajstić information content (AvgIpc) is 3.58. The number of amides is 2. The summed E-state index contributed by atoms with van der Waals surface area (Å²) in [5.74, 6) is 1.13. The molecule has 1 atom stereocenters. The van der Waals surface area contributed by atoms with Crippen molar-refractivity contribution in [3.8, 4) is 5.75 Å². The summed E-state index contributed by atoms with van der Waals surface area (Å²) in [7, 11) is 1.66.